The van der Waals surface area contributed by atoms with Crippen LogP contribution in [0.4, 0.5) is 0 Å². The normalized spacial score (nSPS) is 10.7. The molecule has 2 N–H and O–H groups in total. The zero-order chi connectivity index (χ0) is 13.9. The maximum Gasteiger partial charge on any atom is 0.137 e. The van der Waals surface area contributed by atoms with Gasteiger partial charge >= 0.3 is 0 Å². The van der Waals surface area contributed by atoms with Crippen LogP contribution >= 0.6 is 11.6 Å². The number of hydrogen-bond acceptors (Lipinski definition) is 4. The van der Waals surface area contributed by atoms with Gasteiger partial charge in [-0.15, -0.1) is 0 Å². The van der Waals surface area contributed by atoms with Crippen LogP contribution in [0.3, 0.4) is 0 Å². The average Bonchev–Trinajstić information content (AvgIpc) is 2.42. The second kappa shape index (κ2) is 10.0. The molecule has 0 aliphatic rings. The van der Waals surface area contributed by atoms with Crippen LogP contribution in [-0.4, -0.2) is 38.6 Å². The van der Waals surface area contributed by atoms with Crippen LogP contribution in [-0.2, 0) is 11.3 Å². The van der Waals surface area contributed by atoms with Gasteiger partial charge in [0.2, 0.25) is 0 Å². The van der Waals surface area contributed by atoms with Crippen molar-refractivity contribution < 1.29 is 14.6 Å². The van der Waals surface area contributed by atoms with Crippen molar-refractivity contribution in [1.29, 1.82) is 0 Å². The molecule has 0 radical (unpaired) electrons. The first-order valence-corrected chi connectivity index (χ1v) is 6.87. The highest BCUT2D eigenvalue weighted by molar-refractivity contribution is 6.32. The smallest absolute Gasteiger partial charge is 0.137 e. The summed E-state index contributed by atoms with van der Waals surface area (Å²) in [6.45, 7) is 3.04. The van der Waals surface area contributed by atoms with E-state index >= 15 is 0 Å². The SMILES string of the molecule is COCCNCc1ccc(OCCCCO)c(Cl)c1. The highest BCUT2D eigenvalue weighted by Crippen LogP contribution is 2.25. The Morgan fingerprint density at radius 1 is 1.26 bits per heavy atom. The molecule has 1 aromatic carbocycles. The van der Waals surface area contributed by atoms with E-state index in [2.05, 4.69) is 5.32 Å². The lowest BCUT2D eigenvalue weighted by Gasteiger charge is -2.10. The van der Waals surface area contributed by atoms with Crippen LogP contribution in [0.15, 0.2) is 18.2 Å². The van der Waals surface area contributed by atoms with E-state index in [4.69, 9.17) is 26.2 Å². The quantitative estimate of drug-likeness (QED) is 0.648. The number of aliphatic hydroxyl groups excluding tert-OH is 1. The topological polar surface area (TPSA) is 50.7 Å². The summed E-state index contributed by atoms with van der Waals surface area (Å²) in [6.07, 6.45) is 1.58. The molecule has 0 atom stereocenters. The van der Waals surface area contributed by atoms with E-state index in [1.807, 2.05) is 18.2 Å². The summed E-state index contributed by atoms with van der Waals surface area (Å²) in [5.41, 5.74) is 1.11. The summed E-state index contributed by atoms with van der Waals surface area (Å²) in [6, 6.07) is 5.78. The highest BCUT2D eigenvalue weighted by atomic mass is 35.5. The lowest BCUT2D eigenvalue weighted by molar-refractivity contribution is 0.199. The molecule has 0 bridgehead atoms. The summed E-state index contributed by atoms with van der Waals surface area (Å²) in [4.78, 5) is 0. The van der Waals surface area contributed by atoms with Crippen LogP contribution in [0, 0.1) is 0 Å². The average molecular weight is 288 g/mol. The first kappa shape index (κ1) is 16.2. The van der Waals surface area contributed by atoms with Gasteiger partial charge < -0.3 is 19.9 Å². The van der Waals surface area contributed by atoms with Gasteiger partial charge in [-0.2, -0.15) is 0 Å². The number of rotatable bonds is 10. The maximum atomic E-state index is 8.68. The van der Waals surface area contributed by atoms with Gasteiger partial charge in [0.05, 0.1) is 18.2 Å². The lowest BCUT2D eigenvalue weighted by atomic mass is 10.2. The Labute approximate surface area is 119 Å². The number of ether oxygens (including phenoxy) is 2. The fourth-order valence-corrected chi connectivity index (χ4v) is 1.83. The van der Waals surface area contributed by atoms with Gasteiger partial charge in [-0.3, -0.25) is 0 Å². The molecule has 1 rings (SSSR count). The maximum absolute atomic E-state index is 8.68. The molecular weight excluding hydrogens is 266 g/mol. The van der Waals surface area contributed by atoms with E-state index in [0.717, 1.165) is 31.5 Å². The first-order valence-electron chi connectivity index (χ1n) is 6.49. The Balaban J connectivity index is 2.36. The van der Waals surface area contributed by atoms with Crippen molar-refractivity contribution in [3.05, 3.63) is 28.8 Å². The van der Waals surface area contributed by atoms with Crippen LogP contribution in [0.2, 0.25) is 5.02 Å². The van der Waals surface area contributed by atoms with E-state index in [-0.39, 0.29) is 6.61 Å². The Morgan fingerprint density at radius 3 is 2.79 bits per heavy atom. The second-order valence-corrected chi connectivity index (χ2v) is 4.62. The number of unbranched alkanes of at least 4 members (excludes halogenated alkanes) is 1. The molecule has 0 fully saturated rings. The van der Waals surface area contributed by atoms with Gasteiger partial charge in [-0.05, 0) is 30.5 Å². The van der Waals surface area contributed by atoms with Crippen molar-refractivity contribution in [2.24, 2.45) is 0 Å². The van der Waals surface area contributed by atoms with Crippen molar-refractivity contribution in [2.45, 2.75) is 19.4 Å². The molecule has 0 spiro atoms. The number of methoxy groups -OCH3 is 1. The molecule has 0 unspecified atom stereocenters. The van der Waals surface area contributed by atoms with Crippen molar-refractivity contribution in [1.82, 2.24) is 5.32 Å². The fourth-order valence-electron chi connectivity index (χ4n) is 1.57. The number of aliphatic hydroxyl groups is 1. The molecule has 0 heterocycles. The van der Waals surface area contributed by atoms with E-state index < -0.39 is 0 Å². The molecule has 108 valence electrons. The highest BCUT2D eigenvalue weighted by Gasteiger charge is 2.03. The minimum absolute atomic E-state index is 0.198. The largest absolute Gasteiger partial charge is 0.492 e. The number of halogens is 1. The Bertz CT molecular complexity index is 361. The van der Waals surface area contributed by atoms with E-state index in [1.165, 1.54) is 0 Å². The third-order valence-corrected chi connectivity index (χ3v) is 2.91. The fraction of sp³-hybridized carbons (Fsp3) is 0.571. The second-order valence-electron chi connectivity index (χ2n) is 4.21. The number of hydrogen-bond donors (Lipinski definition) is 2. The Morgan fingerprint density at radius 2 is 2.11 bits per heavy atom. The molecular formula is C14H22ClNO3. The third-order valence-electron chi connectivity index (χ3n) is 2.62. The molecule has 0 aliphatic heterocycles. The molecule has 5 heteroatoms. The van der Waals surface area contributed by atoms with Gasteiger partial charge in [-0.1, -0.05) is 17.7 Å². The number of benzene rings is 1. The van der Waals surface area contributed by atoms with Crippen molar-refractivity contribution in [3.63, 3.8) is 0 Å². The molecule has 0 saturated carbocycles. The molecule has 0 aromatic heterocycles. The van der Waals surface area contributed by atoms with Crippen molar-refractivity contribution >= 4 is 11.6 Å². The molecule has 4 nitrogen and oxygen atoms in total. The summed E-state index contributed by atoms with van der Waals surface area (Å²) in [5, 5.41) is 12.6. The summed E-state index contributed by atoms with van der Waals surface area (Å²) in [5.74, 6) is 0.695. The summed E-state index contributed by atoms with van der Waals surface area (Å²) >= 11 is 6.16. The predicted octanol–water partition coefficient (Wildman–Crippen LogP) is 2.23. The van der Waals surface area contributed by atoms with Gasteiger partial charge in [0.1, 0.15) is 5.75 Å². The zero-order valence-electron chi connectivity index (χ0n) is 11.3. The van der Waals surface area contributed by atoms with Crippen LogP contribution in [0.5, 0.6) is 5.75 Å². The molecule has 0 saturated heterocycles. The predicted molar refractivity (Wildman–Crippen MR) is 76.8 cm³/mol. The van der Waals surface area contributed by atoms with E-state index in [9.17, 15) is 0 Å². The third kappa shape index (κ3) is 6.78. The van der Waals surface area contributed by atoms with Crippen molar-refractivity contribution in [2.75, 3.05) is 33.5 Å². The molecule has 19 heavy (non-hydrogen) atoms. The lowest BCUT2D eigenvalue weighted by Crippen LogP contribution is -2.18. The molecule has 0 amide bonds. The van der Waals surface area contributed by atoms with E-state index in [1.54, 1.807) is 7.11 Å². The van der Waals surface area contributed by atoms with E-state index in [0.29, 0.717) is 24.0 Å². The zero-order valence-corrected chi connectivity index (χ0v) is 12.1. The minimum atomic E-state index is 0.198. The first-order chi connectivity index (χ1) is 9.27. The summed E-state index contributed by atoms with van der Waals surface area (Å²) in [7, 11) is 1.68. The van der Waals surface area contributed by atoms with Crippen LogP contribution in [0.25, 0.3) is 0 Å². The minimum Gasteiger partial charge on any atom is -0.492 e. The van der Waals surface area contributed by atoms with Crippen molar-refractivity contribution in [3.8, 4) is 5.75 Å². The molecule has 1 aromatic rings. The van der Waals surface area contributed by atoms with Gasteiger partial charge in [-0.25, -0.2) is 0 Å². The Hall–Kier alpha value is -0.810. The monoisotopic (exact) mass is 287 g/mol. The van der Waals surface area contributed by atoms with Gasteiger partial charge in [0.25, 0.3) is 0 Å². The van der Waals surface area contributed by atoms with Crippen LogP contribution in [0.1, 0.15) is 18.4 Å². The molecule has 0 aliphatic carbocycles. The standard InChI is InChI=1S/C14H22ClNO3/c1-18-9-6-16-11-12-4-5-14(13(15)10-12)19-8-3-2-7-17/h4-5,10,16-17H,2-3,6-9,11H2,1H3. The van der Waals surface area contributed by atoms with Gasteiger partial charge in [0.15, 0.2) is 0 Å². The van der Waals surface area contributed by atoms with Gasteiger partial charge in [0, 0.05) is 26.8 Å². The van der Waals surface area contributed by atoms with Crippen LogP contribution < -0.4 is 10.1 Å². The Kier molecular flexibility index (Phi) is 8.58. The number of nitrogens with one attached hydrogen (secondary N) is 1. The summed E-state index contributed by atoms with van der Waals surface area (Å²) < 4.78 is 10.5.